The number of carboxylic acids is 1. The van der Waals surface area contributed by atoms with Crippen molar-refractivity contribution < 1.29 is 27.9 Å². The van der Waals surface area contributed by atoms with Gasteiger partial charge in [-0.25, -0.2) is 14.8 Å². The fourth-order valence-electron chi connectivity index (χ4n) is 3.47. The number of rotatable bonds is 5. The summed E-state index contributed by atoms with van der Waals surface area (Å²) in [6.45, 7) is 3.61. The summed E-state index contributed by atoms with van der Waals surface area (Å²) in [5.41, 5.74) is 2.59. The number of carbonyl (C=O) groups is 2. The summed E-state index contributed by atoms with van der Waals surface area (Å²) in [4.78, 5) is 35.3. The van der Waals surface area contributed by atoms with E-state index in [1.54, 1.807) is 6.20 Å². The van der Waals surface area contributed by atoms with Gasteiger partial charge in [-0.05, 0) is 50.2 Å². The van der Waals surface area contributed by atoms with E-state index in [4.69, 9.17) is 9.90 Å². The molecule has 0 spiro atoms. The van der Waals surface area contributed by atoms with Crippen molar-refractivity contribution in [2.45, 2.75) is 31.6 Å². The molecule has 12 heteroatoms. The number of H-pyrrole nitrogens is 1. The fraction of sp³-hybridized carbons (Fsp3) is 0.364. The predicted molar refractivity (Wildman–Crippen MR) is 119 cm³/mol. The summed E-state index contributed by atoms with van der Waals surface area (Å²) in [5.74, 6) is -1.97. The number of hydrogen-bond donors (Lipinski definition) is 4. The monoisotopic (exact) mass is 478 g/mol. The quantitative estimate of drug-likeness (QED) is 0.444. The molecule has 0 bridgehead atoms. The summed E-state index contributed by atoms with van der Waals surface area (Å²) >= 11 is 0. The smallest absolute Gasteiger partial charge is 0.475 e. The van der Waals surface area contributed by atoms with Gasteiger partial charge < -0.3 is 25.6 Å². The molecule has 4 heterocycles. The molecule has 4 N–H and O–H groups in total. The Labute approximate surface area is 193 Å². The predicted octanol–water partition coefficient (Wildman–Crippen LogP) is 3.20. The van der Waals surface area contributed by atoms with E-state index < -0.39 is 12.1 Å². The van der Waals surface area contributed by atoms with Crippen LogP contribution >= 0.6 is 0 Å². The van der Waals surface area contributed by atoms with E-state index in [0.717, 1.165) is 41.9 Å². The number of pyridine rings is 2. The third kappa shape index (κ3) is 6.22. The zero-order chi connectivity index (χ0) is 24.9. The first-order chi connectivity index (χ1) is 16.1. The van der Waals surface area contributed by atoms with Gasteiger partial charge in [-0.15, -0.1) is 0 Å². The number of nitrogens with zero attached hydrogens (tertiary/aromatic N) is 3. The van der Waals surface area contributed by atoms with Gasteiger partial charge in [0.1, 0.15) is 11.5 Å². The lowest BCUT2D eigenvalue weighted by atomic mass is 10.1. The topological polar surface area (TPSA) is 123 Å². The molecule has 0 unspecified atom stereocenters. The zero-order valence-electron chi connectivity index (χ0n) is 18.6. The van der Waals surface area contributed by atoms with E-state index in [0.29, 0.717) is 11.6 Å². The van der Waals surface area contributed by atoms with Gasteiger partial charge in [0.2, 0.25) is 0 Å². The number of anilines is 1. The number of fused-ring (bicyclic) bond motifs is 1. The number of likely N-dealkylation sites (tertiary alicyclic amines) is 1. The Kier molecular flexibility index (Phi) is 7.72. The van der Waals surface area contributed by atoms with Crippen LogP contribution in [0.25, 0.3) is 11.0 Å². The lowest BCUT2D eigenvalue weighted by Gasteiger charge is -2.17. The highest BCUT2D eigenvalue weighted by molar-refractivity contribution is 5.94. The van der Waals surface area contributed by atoms with Crippen LogP contribution in [-0.2, 0) is 4.79 Å². The number of hydrogen-bond acceptors (Lipinski definition) is 6. The van der Waals surface area contributed by atoms with Gasteiger partial charge in [0, 0.05) is 43.1 Å². The van der Waals surface area contributed by atoms with Crippen LogP contribution in [0.5, 0.6) is 0 Å². The van der Waals surface area contributed by atoms with Gasteiger partial charge in [-0.2, -0.15) is 13.2 Å². The average molecular weight is 478 g/mol. The van der Waals surface area contributed by atoms with Crippen LogP contribution in [0.15, 0.2) is 42.9 Å². The Morgan fingerprint density at radius 1 is 1.24 bits per heavy atom. The Morgan fingerprint density at radius 2 is 1.97 bits per heavy atom. The highest BCUT2D eigenvalue weighted by Gasteiger charge is 2.38. The average Bonchev–Trinajstić information content (AvgIpc) is 3.48. The number of carboxylic acid groups (broad SMARTS) is 1. The van der Waals surface area contributed by atoms with Gasteiger partial charge in [-0.3, -0.25) is 4.79 Å². The molecule has 1 amide bonds. The molecule has 3 aromatic rings. The summed E-state index contributed by atoms with van der Waals surface area (Å²) in [5, 5.41) is 14.8. The van der Waals surface area contributed by atoms with Crippen molar-refractivity contribution in [1.29, 1.82) is 0 Å². The molecule has 1 fully saturated rings. The minimum absolute atomic E-state index is 0.0435. The molecule has 34 heavy (non-hydrogen) atoms. The maximum atomic E-state index is 12.6. The number of aromatic nitrogens is 3. The molecule has 182 valence electrons. The van der Waals surface area contributed by atoms with E-state index in [2.05, 4.69) is 38.6 Å². The van der Waals surface area contributed by atoms with Crippen molar-refractivity contribution in [2.24, 2.45) is 0 Å². The maximum Gasteiger partial charge on any atom is 0.490 e. The molecular formula is C22H25F3N6O3. The van der Waals surface area contributed by atoms with Crippen LogP contribution in [-0.4, -0.2) is 69.2 Å². The van der Waals surface area contributed by atoms with Crippen molar-refractivity contribution >= 4 is 28.7 Å². The van der Waals surface area contributed by atoms with E-state index >= 15 is 0 Å². The molecule has 9 nitrogen and oxygen atoms in total. The molecule has 0 aliphatic carbocycles. The number of aromatic amines is 1. The number of nitrogens with one attached hydrogen (secondary N) is 3. The van der Waals surface area contributed by atoms with E-state index in [1.165, 1.54) is 0 Å². The van der Waals surface area contributed by atoms with Crippen molar-refractivity contribution in [2.75, 3.05) is 25.5 Å². The number of halogens is 3. The number of likely N-dealkylation sites (N-methyl/N-ethyl adjacent to an activating group) is 1. The van der Waals surface area contributed by atoms with Gasteiger partial charge in [0.05, 0.1) is 11.6 Å². The molecular weight excluding hydrogens is 453 g/mol. The SMILES string of the molecule is CN[C@H]1CCN(C(=O)c2ccc(N[C@@H](C)c3cnc4[nH]ccc4c3)nc2)C1.O=C(O)C(F)(F)F. The molecule has 1 saturated heterocycles. The van der Waals surface area contributed by atoms with Crippen LogP contribution in [0.2, 0.25) is 0 Å². The zero-order valence-corrected chi connectivity index (χ0v) is 18.6. The summed E-state index contributed by atoms with van der Waals surface area (Å²) < 4.78 is 31.7. The maximum absolute atomic E-state index is 12.6. The van der Waals surface area contributed by atoms with Crippen LogP contribution in [0.3, 0.4) is 0 Å². The molecule has 4 rings (SSSR count). The molecule has 1 aliphatic rings. The Hall–Kier alpha value is -3.67. The third-order valence-corrected chi connectivity index (χ3v) is 5.42. The summed E-state index contributed by atoms with van der Waals surface area (Å²) in [6.07, 6.45) is 1.31. The van der Waals surface area contributed by atoms with Crippen LogP contribution in [0.1, 0.15) is 35.3 Å². The lowest BCUT2D eigenvalue weighted by molar-refractivity contribution is -0.192. The molecule has 3 aromatic heterocycles. The molecule has 1 aliphatic heterocycles. The number of alkyl halides is 3. The second-order valence-corrected chi connectivity index (χ2v) is 7.81. The first-order valence-electron chi connectivity index (χ1n) is 10.5. The number of aliphatic carboxylic acids is 1. The van der Waals surface area contributed by atoms with Crippen molar-refractivity contribution in [3.63, 3.8) is 0 Å². The largest absolute Gasteiger partial charge is 0.490 e. The van der Waals surface area contributed by atoms with Gasteiger partial charge in [-0.1, -0.05) is 0 Å². The second kappa shape index (κ2) is 10.5. The van der Waals surface area contributed by atoms with Crippen LogP contribution in [0.4, 0.5) is 19.0 Å². The van der Waals surface area contributed by atoms with E-state index in [9.17, 15) is 18.0 Å². The molecule has 0 aromatic carbocycles. The normalized spacial score (nSPS) is 16.6. The minimum atomic E-state index is -5.08. The minimum Gasteiger partial charge on any atom is -0.475 e. The van der Waals surface area contributed by atoms with Gasteiger partial charge >= 0.3 is 12.1 Å². The molecule has 0 radical (unpaired) electrons. The summed E-state index contributed by atoms with van der Waals surface area (Å²) in [6, 6.07) is 8.26. The Bertz CT molecular complexity index is 1130. The molecule has 0 saturated carbocycles. The van der Waals surface area contributed by atoms with Crippen LogP contribution < -0.4 is 10.6 Å². The van der Waals surface area contributed by atoms with Crippen molar-refractivity contribution in [3.8, 4) is 0 Å². The summed E-state index contributed by atoms with van der Waals surface area (Å²) in [7, 11) is 1.94. The number of amides is 1. The highest BCUT2D eigenvalue weighted by Crippen LogP contribution is 2.21. The number of carbonyl (C=O) groups excluding carboxylic acids is 1. The second-order valence-electron chi connectivity index (χ2n) is 7.81. The Morgan fingerprint density at radius 3 is 2.56 bits per heavy atom. The highest BCUT2D eigenvalue weighted by atomic mass is 19.4. The van der Waals surface area contributed by atoms with Crippen LogP contribution in [0, 0.1) is 0 Å². The Balaban J connectivity index is 0.000000406. The fourth-order valence-corrected chi connectivity index (χ4v) is 3.47. The van der Waals surface area contributed by atoms with Crippen molar-refractivity contribution in [1.82, 2.24) is 25.2 Å². The van der Waals surface area contributed by atoms with Gasteiger partial charge in [0.15, 0.2) is 0 Å². The van der Waals surface area contributed by atoms with Gasteiger partial charge in [0.25, 0.3) is 5.91 Å². The lowest BCUT2D eigenvalue weighted by Crippen LogP contribution is -2.33. The first kappa shape index (κ1) is 25.0. The van der Waals surface area contributed by atoms with Crippen molar-refractivity contribution in [3.05, 3.63) is 54.0 Å². The van der Waals surface area contributed by atoms with E-state index in [-0.39, 0.29) is 11.9 Å². The van der Waals surface area contributed by atoms with E-state index in [1.807, 2.05) is 42.5 Å². The standard InChI is InChI=1S/C20H24N6O.C2HF3O2/c1-13(16-9-14-5-7-22-19(14)24-11-16)25-18-4-3-15(10-23-18)20(27)26-8-6-17(12-26)21-2;3-2(4,5)1(6)7/h3-5,7,9-11,13,17,21H,6,8,12H2,1-2H3,(H,22,24)(H,23,25);(H,6,7)/t13-,17-;/m0./s1. The first-order valence-corrected chi connectivity index (χ1v) is 10.5. The third-order valence-electron chi connectivity index (χ3n) is 5.42. The molecule has 2 atom stereocenters.